The van der Waals surface area contributed by atoms with Gasteiger partial charge in [0.1, 0.15) is 0 Å². The largest absolute Gasteiger partial charge is 0.388 e. The average Bonchev–Trinajstić information content (AvgIpc) is 2.35. The molecule has 0 radical (unpaired) electrons. The number of carbonyl (C=O) groups is 1. The van der Waals surface area contributed by atoms with Gasteiger partial charge in [-0.05, 0) is 38.1 Å². The van der Waals surface area contributed by atoms with Crippen LogP contribution in [0.4, 0.5) is 5.69 Å². The van der Waals surface area contributed by atoms with E-state index < -0.39 is 5.60 Å². The number of methoxy groups -OCH3 is 1. The van der Waals surface area contributed by atoms with Crippen molar-refractivity contribution in [2.75, 3.05) is 25.6 Å². The standard InChI is InChI=1S/C14H21NO3/c1-11(16)12-4-6-13(7-5-12)15-10-14(2,17)8-9-18-3/h4-7,15,17H,8-10H2,1-3H3. The van der Waals surface area contributed by atoms with Crippen molar-refractivity contribution in [3.05, 3.63) is 29.8 Å². The van der Waals surface area contributed by atoms with E-state index in [1.165, 1.54) is 6.92 Å². The third-order valence-electron chi connectivity index (χ3n) is 2.81. The fraction of sp³-hybridized carbons (Fsp3) is 0.500. The predicted molar refractivity (Wildman–Crippen MR) is 72.1 cm³/mol. The minimum Gasteiger partial charge on any atom is -0.388 e. The number of ether oxygens (including phenoxy) is 1. The number of aliphatic hydroxyl groups is 1. The zero-order valence-corrected chi connectivity index (χ0v) is 11.2. The van der Waals surface area contributed by atoms with Crippen molar-refractivity contribution in [1.29, 1.82) is 0 Å². The first kappa shape index (κ1) is 14.7. The van der Waals surface area contributed by atoms with Crippen LogP contribution < -0.4 is 5.32 Å². The van der Waals surface area contributed by atoms with E-state index in [0.717, 1.165) is 5.69 Å². The molecule has 0 spiro atoms. The molecule has 0 aromatic heterocycles. The molecule has 18 heavy (non-hydrogen) atoms. The molecule has 1 unspecified atom stereocenters. The molecule has 4 heteroatoms. The molecule has 0 aliphatic heterocycles. The zero-order valence-electron chi connectivity index (χ0n) is 11.2. The van der Waals surface area contributed by atoms with Crippen molar-refractivity contribution < 1.29 is 14.6 Å². The second-order valence-electron chi connectivity index (χ2n) is 4.73. The van der Waals surface area contributed by atoms with Gasteiger partial charge in [0.2, 0.25) is 0 Å². The summed E-state index contributed by atoms with van der Waals surface area (Å²) in [6, 6.07) is 7.22. The van der Waals surface area contributed by atoms with Crippen LogP contribution in [-0.2, 0) is 4.74 Å². The molecule has 0 saturated heterocycles. The van der Waals surface area contributed by atoms with Gasteiger partial charge in [-0.15, -0.1) is 0 Å². The van der Waals surface area contributed by atoms with E-state index in [1.54, 1.807) is 26.2 Å². The van der Waals surface area contributed by atoms with Crippen LogP contribution in [0, 0.1) is 0 Å². The number of anilines is 1. The van der Waals surface area contributed by atoms with Gasteiger partial charge in [-0.2, -0.15) is 0 Å². The Morgan fingerprint density at radius 3 is 2.50 bits per heavy atom. The Balaban J connectivity index is 2.50. The topological polar surface area (TPSA) is 58.6 Å². The molecule has 1 aromatic carbocycles. The maximum atomic E-state index is 11.1. The van der Waals surface area contributed by atoms with E-state index in [0.29, 0.717) is 25.1 Å². The number of carbonyl (C=O) groups excluding carboxylic acids is 1. The molecule has 2 N–H and O–H groups in total. The van der Waals surface area contributed by atoms with E-state index in [2.05, 4.69) is 5.32 Å². The highest BCUT2D eigenvalue weighted by atomic mass is 16.5. The van der Waals surface area contributed by atoms with E-state index in [1.807, 2.05) is 12.1 Å². The van der Waals surface area contributed by atoms with E-state index in [4.69, 9.17) is 4.74 Å². The molecule has 0 amide bonds. The van der Waals surface area contributed by atoms with Crippen LogP contribution in [-0.4, -0.2) is 36.8 Å². The molecule has 0 aliphatic carbocycles. The summed E-state index contributed by atoms with van der Waals surface area (Å²) in [6.07, 6.45) is 0.571. The van der Waals surface area contributed by atoms with Crippen molar-refractivity contribution in [2.45, 2.75) is 25.9 Å². The highest BCUT2D eigenvalue weighted by molar-refractivity contribution is 5.94. The van der Waals surface area contributed by atoms with E-state index in [9.17, 15) is 9.90 Å². The Hall–Kier alpha value is -1.39. The molecule has 100 valence electrons. The number of hydrogen-bond donors (Lipinski definition) is 2. The van der Waals surface area contributed by atoms with Crippen molar-refractivity contribution in [3.8, 4) is 0 Å². The Kier molecular flexibility index (Phi) is 5.31. The van der Waals surface area contributed by atoms with Gasteiger partial charge in [-0.3, -0.25) is 4.79 Å². The van der Waals surface area contributed by atoms with Crippen LogP contribution in [0.3, 0.4) is 0 Å². The highest BCUT2D eigenvalue weighted by Crippen LogP contribution is 2.14. The lowest BCUT2D eigenvalue weighted by Gasteiger charge is -2.23. The molecule has 1 aromatic rings. The average molecular weight is 251 g/mol. The van der Waals surface area contributed by atoms with Crippen LogP contribution in [0.15, 0.2) is 24.3 Å². The molecule has 1 atom stereocenters. The van der Waals surface area contributed by atoms with Gasteiger partial charge >= 0.3 is 0 Å². The zero-order chi connectivity index (χ0) is 13.6. The summed E-state index contributed by atoms with van der Waals surface area (Å²) in [5.41, 5.74) is 0.763. The molecule has 4 nitrogen and oxygen atoms in total. The minimum absolute atomic E-state index is 0.0497. The Labute approximate surface area is 108 Å². The van der Waals surface area contributed by atoms with Crippen molar-refractivity contribution in [1.82, 2.24) is 0 Å². The minimum atomic E-state index is -0.810. The fourth-order valence-corrected chi connectivity index (χ4v) is 1.53. The van der Waals surface area contributed by atoms with Crippen LogP contribution in [0.1, 0.15) is 30.6 Å². The van der Waals surface area contributed by atoms with Gasteiger partial charge in [0.05, 0.1) is 5.60 Å². The molecule has 0 bridgehead atoms. The number of rotatable bonds is 7. The van der Waals surface area contributed by atoms with Gasteiger partial charge in [0.25, 0.3) is 0 Å². The van der Waals surface area contributed by atoms with Crippen molar-refractivity contribution >= 4 is 11.5 Å². The number of ketones is 1. The first-order valence-corrected chi connectivity index (χ1v) is 6.01. The number of nitrogens with one attached hydrogen (secondary N) is 1. The van der Waals surface area contributed by atoms with Crippen molar-refractivity contribution in [3.63, 3.8) is 0 Å². The smallest absolute Gasteiger partial charge is 0.159 e. The molecule has 0 aliphatic rings. The lowest BCUT2D eigenvalue weighted by atomic mass is 10.0. The summed E-state index contributed by atoms with van der Waals surface area (Å²) < 4.78 is 4.95. The maximum absolute atomic E-state index is 11.1. The predicted octanol–water partition coefficient (Wildman–Crippen LogP) is 2.09. The van der Waals surface area contributed by atoms with Crippen LogP contribution in [0.2, 0.25) is 0 Å². The molecule has 0 fully saturated rings. The summed E-state index contributed by atoms with van der Waals surface area (Å²) in [7, 11) is 1.62. The van der Waals surface area contributed by atoms with Crippen LogP contribution in [0.5, 0.6) is 0 Å². The first-order valence-electron chi connectivity index (χ1n) is 6.01. The summed E-state index contributed by atoms with van der Waals surface area (Å²) >= 11 is 0. The molecule has 1 rings (SSSR count). The lowest BCUT2D eigenvalue weighted by molar-refractivity contribution is 0.0357. The number of hydrogen-bond acceptors (Lipinski definition) is 4. The fourth-order valence-electron chi connectivity index (χ4n) is 1.53. The quantitative estimate of drug-likeness (QED) is 0.728. The summed E-state index contributed by atoms with van der Waals surface area (Å²) in [6.45, 7) is 4.27. The number of Topliss-reactive ketones (excluding diaryl/α,β-unsaturated/α-hetero) is 1. The highest BCUT2D eigenvalue weighted by Gasteiger charge is 2.19. The lowest BCUT2D eigenvalue weighted by Crippen LogP contribution is -2.34. The van der Waals surface area contributed by atoms with Gasteiger partial charge in [0.15, 0.2) is 5.78 Å². The second kappa shape index (κ2) is 6.52. The first-order chi connectivity index (χ1) is 8.44. The van der Waals surface area contributed by atoms with Crippen LogP contribution in [0.25, 0.3) is 0 Å². The van der Waals surface area contributed by atoms with Gasteiger partial charge in [-0.1, -0.05) is 0 Å². The van der Waals surface area contributed by atoms with E-state index in [-0.39, 0.29) is 5.78 Å². The number of benzene rings is 1. The molecular formula is C14H21NO3. The maximum Gasteiger partial charge on any atom is 0.159 e. The Morgan fingerprint density at radius 1 is 1.39 bits per heavy atom. The van der Waals surface area contributed by atoms with Gasteiger partial charge in [-0.25, -0.2) is 0 Å². The van der Waals surface area contributed by atoms with Gasteiger partial charge in [0, 0.05) is 37.9 Å². The Bertz CT molecular complexity index is 385. The third-order valence-corrected chi connectivity index (χ3v) is 2.81. The van der Waals surface area contributed by atoms with Crippen molar-refractivity contribution in [2.24, 2.45) is 0 Å². The normalized spacial score (nSPS) is 14.0. The molecule has 0 heterocycles. The van der Waals surface area contributed by atoms with Crippen LogP contribution >= 0.6 is 0 Å². The third kappa shape index (κ3) is 4.85. The SMILES string of the molecule is COCCC(C)(O)CNc1ccc(C(C)=O)cc1. The summed E-state index contributed by atoms with van der Waals surface area (Å²) in [5.74, 6) is 0.0497. The summed E-state index contributed by atoms with van der Waals surface area (Å²) in [4.78, 5) is 11.1. The van der Waals surface area contributed by atoms with E-state index >= 15 is 0 Å². The Morgan fingerprint density at radius 2 is 2.00 bits per heavy atom. The molecule has 0 saturated carbocycles. The second-order valence-corrected chi connectivity index (χ2v) is 4.73. The molecular weight excluding hydrogens is 230 g/mol. The summed E-state index contributed by atoms with van der Waals surface area (Å²) in [5, 5.41) is 13.2. The monoisotopic (exact) mass is 251 g/mol. The van der Waals surface area contributed by atoms with Gasteiger partial charge < -0.3 is 15.2 Å².